The molecule has 0 unspecified atom stereocenters. The summed E-state index contributed by atoms with van der Waals surface area (Å²) in [5, 5.41) is 2.86. The summed E-state index contributed by atoms with van der Waals surface area (Å²) in [5.41, 5.74) is 0. The Morgan fingerprint density at radius 2 is 1.95 bits per heavy atom. The largest absolute Gasteiger partial charge is 0.397 e. The molecule has 0 spiro atoms. The predicted octanol–water partition coefficient (Wildman–Crippen LogP) is -0.575. The van der Waals surface area contributed by atoms with Gasteiger partial charge in [-0.05, 0) is 0 Å². The fourth-order valence-electron chi connectivity index (χ4n) is 2.25. The monoisotopic (exact) mass is 325 g/mol. The maximum Gasteiger partial charge on any atom is 0.397 e. The molecule has 1 aliphatic rings. The molecular formula is C12H25N2O6S+. The number of carbonyl (C=O) groups excluding carboxylic acids is 1. The predicted molar refractivity (Wildman–Crippen MR) is 75.9 cm³/mol. The van der Waals surface area contributed by atoms with Gasteiger partial charge < -0.3 is 14.5 Å². The van der Waals surface area contributed by atoms with Gasteiger partial charge in [0, 0.05) is 5.92 Å². The molecule has 124 valence electrons. The smallest absolute Gasteiger partial charge is 0.370 e. The van der Waals surface area contributed by atoms with E-state index in [1.54, 1.807) is 0 Å². The Hall–Kier alpha value is -0.740. The van der Waals surface area contributed by atoms with E-state index in [2.05, 4.69) is 9.50 Å². The number of hydrogen-bond acceptors (Lipinski definition) is 5. The summed E-state index contributed by atoms with van der Waals surface area (Å²) in [6.45, 7) is 7.84. The van der Waals surface area contributed by atoms with Crippen molar-refractivity contribution in [2.45, 2.75) is 13.8 Å². The number of rotatable bonds is 8. The number of amides is 1. The summed E-state index contributed by atoms with van der Waals surface area (Å²) < 4.78 is 40.1. The highest BCUT2D eigenvalue weighted by molar-refractivity contribution is 7.80. The summed E-state index contributed by atoms with van der Waals surface area (Å²) in [5.74, 6) is -0.0680. The normalized spacial score (nSPS) is 18.7. The minimum Gasteiger partial charge on any atom is -0.370 e. The molecule has 1 saturated heterocycles. The molecular weight excluding hydrogens is 300 g/mol. The molecule has 0 bridgehead atoms. The first kappa shape index (κ1) is 18.3. The summed E-state index contributed by atoms with van der Waals surface area (Å²) in [6, 6.07) is 0. The summed E-state index contributed by atoms with van der Waals surface area (Å²) in [4.78, 5) is 11.6. The first-order chi connectivity index (χ1) is 9.74. The van der Waals surface area contributed by atoms with Crippen LogP contribution in [0, 0.1) is 5.92 Å². The Balaban J connectivity index is 2.47. The number of carbonyl (C=O) groups is 1. The van der Waals surface area contributed by atoms with Gasteiger partial charge >= 0.3 is 10.4 Å². The highest BCUT2D eigenvalue weighted by atomic mass is 32.3. The lowest BCUT2D eigenvalue weighted by Gasteiger charge is -2.41. The number of nitrogens with one attached hydrogen (secondary N) is 1. The maximum absolute atomic E-state index is 11.6. The molecule has 2 N–H and O–H groups in total. The molecule has 0 aromatic carbocycles. The quantitative estimate of drug-likeness (QED) is 0.457. The van der Waals surface area contributed by atoms with Gasteiger partial charge in [0.05, 0.1) is 26.3 Å². The standard InChI is InChI=1S/C12H24N2O6S/c1-11(2)12(15)13-3-4-14(5-8-19-9-6-14)7-10-20-21(16,17)18/h11H,3-10H2,1-2H3,(H-,13,15,16,17,18)/p+1. The molecule has 0 aromatic heterocycles. The number of hydrogen-bond donors (Lipinski definition) is 2. The second kappa shape index (κ2) is 8.04. The molecule has 21 heavy (non-hydrogen) atoms. The third-order valence-electron chi connectivity index (χ3n) is 3.63. The fourth-order valence-corrected chi connectivity index (χ4v) is 2.53. The third-order valence-corrected chi connectivity index (χ3v) is 4.09. The maximum atomic E-state index is 11.6. The molecule has 0 saturated carbocycles. The van der Waals surface area contributed by atoms with E-state index in [4.69, 9.17) is 9.29 Å². The van der Waals surface area contributed by atoms with Crippen LogP contribution < -0.4 is 5.32 Å². The Kier molecular flexibility index (Phi) is 7.01. The molecule has 0 atom stereocenters. The molecule has 0 radical (unpaired) electrons. The van der Waals surface area contributed by atoms with Gasteiger partial charge in [-0.15, -0.1) is 0 Å². The van der Waals surface area contributed by atoms with Gasteiger partial charge in [-0.3, -0.25) is 9.35 Å². The van der Waals surface area contributed by atoms with Crippen molar-refractivity contribution in [2.75, 3.05) is 52.5 Å². The Bertz CT molecular complexity index is 431. The number of nitrogens with zero attached hydrogens (tertiary/aromatic N) is 1. The van der Waals surface area contributed by atoms with E-state index in [0.717, 1.165) is 13.1 Å². The van der Waals surface area contributed by atoms with Crippen LogP contribution in [-0.4, -0.2) is 75.9 Å². The van der Waals surface area contributed by atoms with Crippen LogP contribution in [0.1, 0.15) is 13.8 Å². The van der Waals surface area contributed by atoms with E-state index in [-0.39, 0.29) is 18.4 Å². The molecule has 1 fully saturated rings. The first-order valence-corrected chi connectivity index (χ1v) is 8.43. The summed E-state index contributed by atoms with van der Waals surface area (Å²) >= 11 is 0. The zero-order valence-corrected chi connectivity index (χ0v) is 13.4. The average Bonchev–Trinajstić information content (AvgIpc) is 2.38. The van der Waals surface area contributed by atoms with Crippen LogP contribution in [0.4, 0.5) is 0 Å². The highest BCUT2D eigenvalue weighted by Crippen LogP contribution is 2.11. The van der Waals surface area contributed by atoms with Crippen molar-refractivity contribution in [3.05, 3.63) is 0 Å². The van der Waals surface area contributed by atoms with E-state index in [1.807, 2.05) is 13.8 Å². The van der Waals surface area contributed by atoms with Crippen LogP contribution in [0.2, 0.25) is 0 Å². The average molecular weight is 325 g/mol. The van der Waals surface area contributed by atoms with Crippen LogP contribution in [0.25, 0.3) is 0 Å². The number of morpholine rings is 1. The van der Waals surface area contributed by atoms with E-state index in [1.165, 1.54) is 0 Å². The van der Waals surface area contributed by atoms with Gasteiger partial charge in [0.1, 0.15) is 26.2 Å². The molecule has 1 aliphatic heterocycles. The molecule has 0 aromatic rings. The second-order valence-corrected chi connectivity index (χ2v) is 6.64. The van der Waals surface area contributed by atoms with Crippen molar-refractivity contribution in [1.82, 2.24) is 5.32 Å². The lowest BCUT2D eigenvalue weighted by Crippen LogP contribution is -2.59. The van der Waals surface area contributed by atoms with Crippen LogP contribution in [-0.2, 0) is 24.1 Å². The van der Waals surface area contributed by atoms with E-state index in [9.17, 15) is 13.2 Å². The zero-order chi connectivity index (χ0) is 15.9. The molecule has 8 nitrogen and oxygen atoms in total. The Morgan fingerprint density at radius 3 is 2.48 bits per heavy atom. The lowest BCUT2D eigenvalue weighted by atomic mass is 10.2. The van der Waals surface area contributed by atoms with Crippen molar-refractivity contribution in [2.24, 2.45) is 5.92 Å². The van der Waals surface area contributed by atoms with Crippen LogP contribution >= 0.6 is 0 Å². The van der Waals surface area contributed by atoms with Crippen molar-refractivity contribution in [3.8, 4) is 0 Å². The Morgan fingerprint density at radius 1 is 1.33 bits per heavy atom. The van der Waals surface area contributed by atoms with Crippen molar-refractivity contribution in [1.29, 1.82) is 0 Å². The number of quaternary nitrogens is 1. The van der Waals surface area contributed by atoms with Crippen molar-refractivity contribution in [3.63, 3.8) is 0 Å². The summed E-state index contributed by atoms with van der Waals surface area (Å²) in [7, 11) is -4.41. The van der Waals surface area contributed by atoms with Crippen molar-refractivity contribution < 1.29 is 31.2 Å². The lowest BCUT2D eigenvalue weighted by molar-refractivity contribution is -0.934. The Labute approximate surface area is 125 Å². The third kappa shape index (κ3) is 7.18. The van der Waals surface area contributed by atoms with Crippen LogP contribution in [0.15, 0.2) is 0 Å². The highest BCUT2D eigenvalue weighted by Gasteiger charge is 2.30. The topological polar surface area (TPSA) is 102 Å². The van der Waals surface area contributed by atoms with Crippen LogP contribution in [0.3, 0.4) is 0 Å². The molecule has 9 heteroatoms. The second-order valence-electron chi connectivity index (χ2n) is 5.54. The first-order valence-electron chi connectivity index (χ1n) is 7.06. The number of ether oxygens (including phenoxy) is 1. The SMILES string of the molecule is CC(C)C(=O)NCC[N+]1(CCOS(=O)(=O)O)CCOCC1. The van der Waals surface area contributed by atoms with Gasteiger partial charge in [0.15, 0.2) is 0 Å². The van der Waals surface area contributed by atoms with Gasteiger partial charge in [-0.1, -0.05) is 13.8 Å². The fraction of sp³-hybridized carbons (Fsp3) is 0.917. The van der Waals surface area contributed by atoms with Gasteiger partial charge in [-0.2, -0.15) is 8.42 Å². The molecule has 0 aliphatic carbocycles. The van der Waals surface area contributed by atoms with E-state index in [0.29, 0.717) is 37.3 Å². The van der Waals surface area contributed by atoms with E-state index >= 15 is 0 Å². The molecule has 1 rings (SSSR count). The van der Waals surface area contributed by atoms with Crippen LogP contribution in [0.5, 0.6) is 0 Å². The van der Waals surface area contributed by atoms with Crippen molar-refractivity contribution >= 4 is 16.3 Å². The van der Waals surface area contributed by atoms with Gasteiger partial charge in [0.25, 0.3) is 0 Å². The zero-order valence-electron chi connectivity index (χ0n) is 12.6. The summed E-state index contributed by atoms with van der Waals surface area (Å²) in [6.07, 6.45) is 0. The van der Waals surface area contributed by atoms with E-state index < -0.39 is 10.4 Å². The minimum atomic E-state index is -4.41. The van der Waals surface area contributed by atoms with Gasteiger partial charge in [-0.25, -0.2) is 4.18 Å². The van der Waals surface area contributed by atoms with Gasteiger partial charge in [0.2, 0.25) is 5.91 Å². The minimum absolute atomic E-state index is 0.00408. The molecule has 1 heterocycles. The molecule has 1 amide bonds.